The second kappa shape index (κ2) is 7.06. The highest BCUT2D eigenvalue weighted by Gasteiger charge is 1.98. The van der Waals surface area contributed by atoms with E-state index in [0.717, 1.165) is 13.0 Å². The maximum Gasteiger partial charge on any atom is 0.188 e. The van der Waals surface area contributed by atoms with Gasteiger partial charge in [0.2, 0.25) is 0 Å². The molecule has 0 spiro atoms. The first-order chi connectivity index (χ1) is 6.06. The summed E-state index contributed by atoms with van der Waals surface area (Å²) in [6.45, 7) is 7.11. The van der Waals surface area contributed by atoms with Crippen molar-refractivity contribution in [2.24, 2.45) is 10.7 Å². The smallest absolute Gasteiger partial charge is 0.188 e. The third-order valence-electron chi connectivity index (χ3n) is 1.66. The highest BCUT2D eigenvalue weighted by atomic mass is 32.2. The van der Waals surface area contributed by atoms with Crippen LogP contribution in [0.1, 0.15) is 27.2 Å². The van der Waals surface area contributed by atoms with Gasteiger partial charge >= 0.3 is 0 Å². The van der Waals surface area contributed by atoms with Crippen LogP contribution in [0.2, 0.25) is 0 Å². The summed E-state index contributed by atoms with van der Waals surface area (Å²) in [7, 11) is 0. The van der Waals surface area contributed by atoms with Crippen molar-refractivity contribution in [3.05, 3.63) is 0 Å². The van der Waals surface area contributed by atoms with Crippen LogP contribution < -0.4 is 11.1 Å². The van der Waals surface area contributed by atoms with Crippen molar-refractivity contribution in [2.45, 2.75) is 38.5 Å². The van der Waals surface area contributed by atoms with E-state index in [1.165, 1.54) is 0 Å². The van der Waals surface area contributed by atoms with Gasteiger partial charge in [0, 0.05) is 17.8 Å². The molecule has 0 aliphatic rings. The predicted molar refractivity (Wildman–Crippen MR) is 62.4 cm³/mol. The molecule has 0 aromatic heterocycles. The fourth-order valence-electron chi connectivity index (χ4n) is 0.826. The van der Waals surface area contributed by atoms with Crippen molar-refractivity contribution in [2.75, 3.05) is 12.8 Å². The first kappa shape index (κ1) is 12.6. The number of aliphatic imine (C=N–C) groups is 1. The van der Waals surface area contributed by atoms with Gasteiger partial charge in [0.15, 0.2) is 5.96 Å². The average Bonchev–Trinajstić information content (AvgIpc) is 2.02. The molecule has 3 nitrogen and oxygen atoms in total. The van der Waals surface area contributed by atoms with E-state index in [4.69, 9.17) is 5.73 Å². The number of nitrogens with zero attached hydrogens (tertiary/aromatic N) is 1. The number of hydrogen-bond acceptors (Lipinski definition) is 2. The molecule has 0 rings (SSSR count). The zero-order valence-corrected chi connectivity index (χ0v) is 9.82. The fourth-order valence-corrected chi connectivity index (χ4v) is 1.17. The second-order valence-electron chi connectivity index (χ2n) is 3.40. The maximum atomic E-state index is 5.63. The van der Waals surface area contributed by atoms with E-state index >= 15 is 0 Å². The molecule has 0 aliphatic carbocycles. The number of thioether (sulfide) groups is 1. The fraction of sp³-hybridized carbons (Fsp3) is 0.889. The van der Waals surface area contributed by atoms with Gasteiger partial charge in [0.05, 0.1) is 0 Å². The number of rotatable bonds is 5. The van der Waals surface area contributed by atoms with Gasteiger partial charge in [-0.2, -0.15) is 11.8 Å². The number of nitrogens with two attached hydrogens (primary N) is 1. The monoisotopic (exact) mass is 203 g/mol. The largest absolute Gasteiger partial charge is 0.370 e. The molecular formula is C9H21N3S. The van der Waals surface area contributed by atoms with Crippen LogP contribution in [-0.4, -0.2) is 30.1 Å². The molecule has 0 saturated heterocycles. The van der Waals surface area contributed by atoms with Gasteiger partial charge in [-0.3, -0.25) is 4.99 Å². The topological polar surface area (TPSA) is 50.4 Å². The Bertz CT molecular complexity index is 157. The van der Waals surface area contributed by atoms with Gasteiger partial charge in [-0.15, -0.1) is 0 Å². The highest BCUT2D eigenvalue weighted by Crippen LogP contribution is 2.08. The van der Waals surface area contributed by atoms with E-state index < -0.39 is 0 Å². The van der Waals surface area contributed by atoms with Crippen LogP contribution in [-0.2, 0) is 0 Å². The molecule has 0 saturated carbocycles. The number of nitrogens with one attached hydrogen (secondary N) is 1. The maximum absolute atomic E-state index is 5.63. The summed E-state index contributed by atoms with van der Waals surface area (Å²) in [5, 5.41) is 3.72. The van der Waals surface area contributed by atoms with Gasteiger partial charge in [0.25, 0.3) is 0 Å². The van der Waals surface area contributed by atoms with Gasteiger partial charge in [-0.05, 0) is 26.5 Å². The molecule has 0 aromatic rings. The van der Waals surface area contributed by atoms with Crippen LogP contribution in [0, 0.1) is 0 Å². The Balaban J connectivity index is 3.58. The van der Waals surface area contributed by atoms with Crippen molar-refractivity contribution < 1.29 is 0 Å². The Labute approximate surface area is 85.6 Å². The molecule has 0 aliphatic heterocycles. The lowest BCUT2D eigenvalue weighted by Gasteiger charge is -2.09. The standard InChI is InChI=1S/C9H21N3S/c1-7(2)12-9(10)11-6-5-8(3)13-4/h7-8H,5-6H2,1-4H3,(H3,10,11,12). The summed E-state index contributed by atoms with van der Waals surface area (Å²) >= 11 is 1.86. The zero-order chi connectivity index (χ0) is 10.3. The first-order valence-corrected chi connectivity index (χ1v) is 5.94. The lowest BCUT2D eigenvalue weighted by atomic mass is 10.3. The molecule has 0 bridgehead atoms. The summed E-state index contributed by atoms with van der Waals surface area (Å²) in [5.41, 5.74) is 5.63. The minimum absolute atomic E-state index is 0.363. The summed E-state index contributed by atoms with van der Waals surface area (Å²) in [6, 6.07) is 0.363. The van der Waals surface area contributed by atoms with Gasteiger partial charge < -0.3 is 11.1 Å². The zero-order valence-electron chi connectivity index (χ0n) is 9.00. The molecule has 78 valence electrons. The van der Waals surface area contributed by atoms with E-state index in [1.807, 2.05) is 25.6 Å². The molecule has 0 heterocycles. The van der Waals surface area contributed by atoms with Crippen LogP contribution in [0.4, 0.5) is 0 Å². The van der Waals surface area contributed by atoms with E-state index in [-0.39, 0.29) is 0 Å². The minimum Gasteiger partial charge on any atom is -0.370 e. The van der Waals surface area contributed by atoms with Gasteiger partial charge in [0.1, 0.15) is 0 Å². The van der Waals surface area contributed by atoms with Crippen molar-refractivity contribution in [3.63, 3.8) is 0 Å². The third-order valence-corrected chi connectivity index (χ3v) is 2.70. The minimum atomic E-state index is 0.363. The normalized spacial score (nSPS) is 14.7. The van der Waals surface area contributed by atoms with E-state index in [9.17, 15) is 0 Å². The molecule has 0 radical (unpaired) electrons. The Kier molecular flexibility index (Phi) is 6.86. The molecule has 13 heavy (non-hydrogen) atoms. The van der Waals surface area contributed by atoms with Crippen molar-refractivity contribution in [1.29, 1.82) is 0 Å². The number of guanidine groups is 1. The van der Waals surface area contributed by atoms with E-state index in [0.29, 0.717) is 17.3 Å². The Morgan fingerprint density at radius 3 is 2.54 bits per heavy atom. The van der Waals surface area contributed by atoms with Crippen LogP contribution in [0.25, 0.3) is 0 Å². The summed E-state index contributed by atoms with van der Waals surface area (Å²) in [6.07, 6.45) is 3.20. The predicted octanol–water partition coefficient (Wildman–Crippen LogP) is 1.44. The summed E-state index contributed by atoms with van der Waals surface area (Å²) in [5.74, 6) is 0.559. The van der Waals surface area contributed by atoms with Crippen LogP contribution in [0.15, 0.2) is 4.99 Å². The second-order valence-corrected chi connectivity index (χ2v) is 4.68. The van der Waals surface area contributed by atoms with Crippen LogP contribution in [0.3, 0.4) is 0 Å². The van der Waals surface area contributed by atoms with Crippen LogP contribution >= 0.6 is 11.8 Å². The summed E-state index contributed by atoms with van der Waals surface area (Å²) < 4.78 is 0. The molecule has 0 fully saturated rings. The molecule has 4 heteroatoms. The van der Waals surface area contributed by atoms with Gasteiger partial charge in [-0.25, -0.2) is 0 Å². The number of hydrogen-bond donors (Lipinski definition) is 2. The van der Waals surface area contributed by atoms with E-state index in [1.54, 1.807) is 0 Å². The highest BCUT2D eigenvalue weighted by molar-refractivity contribution is 7.99. The lowest BCUT2D eigenvalue weighted by molar-refractivity contribution is 0.719. The molecule has 1 atom stereocenters. The Morgan fingerprint density at radius 2 is 2.08 bits per heavy atom. The van der Waals surface area contributed by atoms with Crippen molar-refractivity contribution >= 4 is 17.7 Å². The van der Waals surface area contributed by atoms with Crippen molar-refractivity contribution in [1.82, 2.24) is 5.32 Å². The Hall–Kier alpha value is -0.380. The Morgan fingerprint density at radius 1 is 1.46 bits per heavy atom. The molecule has 3 N–H and O–H groups in total. The lowest BCUT2D eigenvalue weighted by Crippen LogP contribution is -2.36. The third kappa shape index (κ3) is 7.96. The quantitative estimate of drug-likeness (QED) is 0.525. The molecular weight excluding hydrogens is 182 g/mol. The first-order valence-electron chi connectivity index (χ1n) is 4.65. The average molecular weight is 203 g/mol. The molecule has 0 aromatic carbocycles. The molecule has 0 amide bonds. The SMILES string of the molecule is CSC(C)CCN=C(N)NC(C)C. The van der Waals surface area contributed by atoms with Crippen molar-refractivity contribution in [3.8, 4) is 0 Å². The van der Waals surface area contributed by atoms with Crippen LogP contribution in [0.5, 0.6) is 0 Å². The van der Waals surface area contributed by atoms with E-state index in [2.05, 4.69) is 23.5 Å². The summed E-state index contributed by atoms with van der Waals surface area (Å²) in [4.78, 5) is 4.22. The molecule has 1 unspecified atom stereocenters. The van der Waals surface area contributed by atoms with Gasteiger partial charge in [-0.1, -0.05) is 6.92 Å².